The van der Waals surface area contributed by atoms with Crippen LogP contribution in [0.3, 0.4) is 0 Å². The highest BCUT2D eigenvalue weighted by molar-refractivity contribution is 6.73. The Bertz CT molecular complexity index is 3250. The van der Waals surface area contributed by atoms with E-state index in [4.69, 9.17) is 0 Å². The molecule has 0 spiro atoms. The minimum atomic E-state index is 0.0667. The van der Waals surface area contributed by atoms with Crippen molar-refractivity contribution in [1.29, 1.82) is 0 Å². The lowest BCUT2D eigenvalue weighted by atomic mass is 9.57. The first-order chi connectivity index (χ1) is 30.5. The smallest absolute Gasteiger partial charge is 0.198 e. The van der Waals surface area contributed by atoms with Crippen molar-refractivity contribution < 1.29 is 0 Å². The monoisotopic (exact) mass is 812 g/mol. The molecule has 0 radical (unpaired) electrons. The maximum atomic E-state index is 4.00. The molecule has 1 aliphatic heterocycles. The van der Waals surface area contributed by atoms with E-state index in [1.165, 1.54) is 118 Å². The van der Waals surface area contributed by atoms with Gasteiger partial charge in [0.15, 0.2) is 7.28 Å². The van der Waals surface area contributed by atoms with Crippen molar-refractivity contribution in [2.24, 2.45) is 0 Å². The molecule has 9 aromatic carbocycles. The Hall–Kier alpha value is -6.84. The van der Waals surface area contributed by atoms with Gasteiger partial charge in [0, 0.05) is 33.7 Å². The lowest BCUT2D eigenvalue weighted by Gasteiger charge is -2.44. The van der Waals surface area contributed by atoms with E-state index in [-0.39, 0.29) is 10.8 Å². The van der Waals surface area contributed by atoms with Gasteiger partial charge in [-0.25, -0.2) is 0 Å². The standard InChI is InChI=1S/C60H53BN2/c1-38-16-10-14-22-47(38)45-33-50(49-29-26-42-19-13-15-23-48(42)58(49)62-46-27-24-41(25-28-46)40-17-8-7-9-18-40)57-56(36-45)63(55-35-44-21-12-11-20-43(44)34-53(55)61-57)54-37-52-51(32-39(54)2)59(3,4)30-31-60(52,5)6/h7-29,32-37,61-62H,30-31H2,1-6H3. The number of benzene rings is 9. The molecule has 1 heterocycles. The first-order valence-corrected chi connectivity index (χ1v) is 22.7. The molecule has 3 heteroatoms. The van der Waals surface area contributed by atoms with Gasteiger partial charge in [0.05, 0.1) is 5.69 Å². The fraction of sp³-hybridized carbons (Fsp3) is 0.167. The highest BCUT2D eigenvalue weighted by Gasteiger charge is 2.39. The van der Waals surface area contributed by atoms with Gasteiger partial charge in [-0.1, -0.05) is 173 Å². The van der Waals surface area contributed by atoms with E-state index < -0.39 is 0 Å². The van der Waals surface area contributed by atoms with Gasteiger partial charge in [0.1, 0.15) is 0 Å². The second kappa shape index (κ2) is 14.9. The fourth-order valence-electron chi connectivity index (χ4n) is 10.6. The first-order valence-electron chi connectivity index (χ1n) is 22.7. The molecule has 0 fully saturated rings. The normalized spacial score (nSPS) is 14.7. The molecular weight excluding hydrogens is 759 g/mol. The van der Waals surface area contributed by atoms with Gasteiger partial charge in [0.2, 0.25) is 0 Å². The highest BCUT2D eigenvalue weighted by atomic mass is 15.2. The summed E-state index contributed by atoms with van der Waals surface area (Å²) < 4.78 is 0. The highest BCUT2D eigenvalue weighted by Crippen LogP contribution is 2.51. The minimum Gasteiger partial charge on any atom is -0.355 e. The second-order valence-electron chi connectivity index (χ2n) is 19.4. The number of aryl methyl sites for hydroxylation is 2. The Morgan fingerprint density at radius 1 is 0.460 bits per heavy atom. The summed E-state index contributed by atoms with van der Waals surface area (Å²) in [5, 5.41) is 8.95. The largest absolute Gasteiger partial charge is 0.355 e. The Morgan fingerprint density at radius 2 is 1.10 bits per heavy atom. The van der Waals surface area contributed by atoms with E-state index in [1.54, 1.807) is 0 Å². The summed E-state index contributed by atoms with van der Waals surface area (Å²) in [6.45, 7) is 14.3. The third-order valence-electron chi connectivity index (χ3n) is 14.4. The number of hydrogen-bond acceptors (Lipinski definition) is 2. The maximum Gasteiger partial charge on any atom is 0.198 e. The Balaban J connectivity index is 1.19. The number of anilines is 5. The van der Waals surface area contributed by atoms with Gasteiger partial charge < -0.3 is 10.2 Å². The second-order valence-corrected chi connectivity index (χ2v) is 19.4. The number of hydrogen-bond donors (Lipinski definition) is 1. The Kier molecular flexibility index (Phi) is 9.24. The van der Waals surface area contributed by atoms with E-state index in [0.717, 1.165) is 18.7 Å². The molecule has 1 aliphatic carbocycles. The molecule has 9 aromatic rings. The summed E-state index contributed by atoms with van der Waals surface area (Å²) in [5.74, 6) is 0. The summed E-state index contributed by atoms with van der Waals surface area (Å²) in [4.78, 5) is 2.63. The van der Waals surface area contributed by atoms with E-state index >= 15 is 0 Å². The summed E-state index contributed by atoms with van der Waals surface area (Å²) >= 11 is 0. The predicted molar refractivity (Wildman–Crippen MR) is 273 cm³/mol. The van der Waals surface area contributed by atoms with Crippen LogP contribution in [0.5, 0.6) is 0 Å². The van der Waals surface area contributed by atoms with Crippen LogP contribution in [0.25, 0.3) is 54.9 Å². The van der Waals surface area contributed by atoms with Crippen LogP contribution in [0.1, 0.15) is 62.8 Å². The van der Waals surface area contributed by atoms with E-state index in [2.05, 4.69) is 228 Å². The van der Waals surface area contributed by atoms with Crippen molar-refractivity contribution in [2.75, 3.05) is 10.2 Å². The summed E-state index contributed by atoms with van der Waals surface area (Å²) in [6, 6.07) is 65.7. The average molecular weight is 813 g/mol. The lowest BCUT2D eigenvalue weighted by molar-refractivity contribution is 0.332. The van der Waals surface area contributed by atoms with Gasteiger partial charge in [0.25, 0.3) is 0 Å². The first kappa shape index (κ1) is 39.0. The van der Waals surface area contributed by atoms with Crippen LogP contribution in [0.15, 0.2) is 176 Å². The van der Waals surface area contributed by atoms with Crippen LogP contribution >= 0.6 is 0 Å². The van der Waals surface area contributed by atoms with Crippen molar-refractivity contribution in [3.63, 3.8) is 0 Å². The zero-order chi connectivity index (χ0) is 43.0. The maximum absolute atomic E-state index is 4.00. The van der Waals surface area contributed by atoms with Crippen LogP contribution in [0.2, 0.25) is 0 Å². The predicted octanol–water partition coefficient (Wildman–Crippen LogP) is 14.9. The van der Waals surface area contributed by atoms with Crippen molar-refractivity contribution in [2.45, 2.75) is 65.2 Å². The molecule has 306 valence electrons. The third kappa shape index (κ3) is 6.73. The molecule has 0 aromatic heterocycles. The van der Waals surface area contributed by atoms with E-state index in [1.807, 2.05) is 0 Å². The minimum absolute atomic E-state index is 0.0667. The quantitative estimate of drug-likeness (QED) is 0.168. The molecule has 0 saturated carbocycles. The Labute approximate surface area is 373 Å². The molecule has 0 saturated heterocycles. The molecule has 0 atom stereocenters. The van der Waals surface area contributed by atoms with Gasteiger partial charge in [-0.2, -0.15) is 0 Å². The molecular formula is C60H53BN2. The third-order valence-corrected chi connectivity index (χ3v) is 14.4. The fourth-order valence-corrected chi connectivity index (χ4v) is 10.6. The van der Waals surface area contributed by atoms with Crippen LogP contribution in [-0.2, 0) is 10.8 Å². The zero-order valence-corrected chi connectivity index (χ0v) is 37.3. The lowest BCUT2D eigenvalue weighted by Crippen LogP contribution is -2.41. The molecule has 0 unspecified atom stereocenters. The molecule has 1 N–H and O–H groups in total. The van der Waals surface area contributed by atoms with Crippen molar-refractivity contribution in [3.8, 4) is 33.4 Å². The topological polar surface area (TPSA) is 15.3 Å². The summed E-state index contributed by atoms with van der Waals surface area (Å²) in [6.07, 6.45) is 2.36. The summed E-state index contributed by atoms with van der Waals surface area (Å²) in [5.41, 5.74) is 21.7. The molecule has 63 heavy (non-hydrogen) atoms. The van der Waals surface area contributed by atoms with Gasteiger partial charge in [-0.15, -0.1) is 0 Å². The summed E-state index contributed by atoms with van der Waals surface area (Å²) in [7, 11) is 0.815. The number of nitrogens with one attached hydrogen (secondary N) is 1. The molecule has 0 amide bonds. The van der Waals surface area contributed by atoms with Crippen molar-refractivity contribution >= 4 is 68.2 Å². The van der Waals surface area contributed by atoms with Crippen molar-refractivity contribution in [3.05, 3.63) is 198 Å². The van der Waals surface area contributed by atoms with Gasteiger partial charge >= 0.3 is 0 Å². The van der Waals surface area contributed by atoms with Crippen molar-refractivity contribution in [1.82, 2.24) is 0 Å². The van der Waals surface area contributed by atoms with Gasteiger partial charge in [-0.05, 0) is 146 Å². The van der Waals surface area contributed by atoms with Crippen LogP contribution in [0.4, 0.5) is 28.4 Å². The SMILES string of the molecule is Cc1ccccc1-c1cc(-c2ccc3ccccc3c2Nc2ccc(-c3ccccc3)cc2)c2c(c1)N(c1cc3c(cc1C)C(C)(C)CCC3(C)C)c1cc3ccccc3cc1B2. The molecule has 0 bridgehead atoms. The number of nitrogens with zero attached hydrogens (tertiary/aromatic N) is 1. The average Bonchev–Trinajstić information content (AvgIpc) is 3.30. The zero-order valence-electron chi connectivity index (χ0n) is 37.3. The van der Waals surface area contributed by atoms with Crippen LogP contribution in [-0.4, -0.2) is 7.28 Å². The van der Waals surface area contributed by atoms with Crippen LogP contribution < -0.4 is 21.1 Å². The number of rotatable bonds is 6. The van der Waals surface area contributed by atoms with Gasteiger partial charge in [-0.3, -0.25) is 0 Å². The Morgan fingerprint density at radius 3 is 1.84 bits per heavy atom. The van der Waals surface area contributed by atoms with E-state index in [0.29, 0.717) is 0 Å². The molecule has 11 rings (SSSR count). The number of fused-ring (bicyclic) bond motifs is 5. The molecule has 2 nitrogen and oxygen atoms in total. The molecule has 2 aliphatic rings. The van der Waals surface area contributed by atoms with Crippen LogP contribution in [0, 0.1) is 13.8 Å². The van der Waals surface area contributed by atoms with E-state index in [9.17, 15) is 0 Å².